The molecule has 4 rings (SSSR count). The van der Waals surface area contributed by atoms with Crippen molar-refractivity contribution in [2.75, 3.05) is 18.2 Å². The molecule has 0 saturated carbocycles. The Hall–Kier alpha value is -3.66. The summed E-state index contributed by atoms with van der Waals surface area (Å²) in [5.41, 5.74) is 0.644. The fourth-order valence-electron chi connectivity index (χ4n) is 2.81. The van der Waals surface area contributed by atoms with Gasteiger partial charge in [-0.15, -0.1) is 0 Å². The van der Waals surface area contributed by atoms with Crippen LogP contribution in [0.15, 0.2) is 64.5 Å². The van der Waals surface area contributed by atoms with E-state index in [0.717, 1.165) is 11.8 Å². The molecule has 0 aliphatic rings. The molecule has 0 unspecified atom stereocenters. The molecule has 152 valence electrons. The summed E-state index contributed by atoms with van der Waals surface area (Å²) < 4.78 is 20.8. The summed E-state index contributed by atoms with van der Waals surface area (Å²) in [6.45, 7) is 0. The highest BCUT2D eigenvalue weighted by Gasteiger charge is 2.15. The highest BCUT2D eigenvalue weighted by atomic mass is 32.2. The van der Waals surface area contributed by atoms with Crippen LogP contribution in [0.5, 0.6) is 5.75 Å². The smallest absolute Gasteiger partial charge is 0.266 e. The fraction of sp³-hybridized carbons (Fsp3) is 0.100. The van der Waals surface area contributed by atoms with Gasteiger partial charge >= 0.3 is 0 Å². The van der Waals surface area contributed by atoms with Crippen LogP contribution in [-0.2, 0) is 4.79 Å². The van der Waals surface area contributed by atoms with Crippen molar-refractivity contribution in [2.45, 2.75) is 5.16 Å². The van der Waals surface area contributed by atoms with E-state index in [1.807, 2.05) is 0 Å². The molecule has 0 bridgehead atoms. The van der Waals surface area contributed by atoms with E-state index in [1.54, 1.807) is 42.5 Å². The van der Waals surface area contributed by atoms with Crippen molar-refractivity contribution >= 4 is 29.0 Å². The third kappa shape index (κ3) is 4.03. The van der Waals surface area contributed by atoms with Crippen LogP contribution in [0, 0.1) is 5.82 Å². The van der Waals surface area contributed by atoms with Gasteiger partial charge in [0.25, 0.3) is 5.56 Å². The predicted molar refractivity (Wildman–Crippen MR) is 111 cm³/mol. The zero-order chi connectivity index (χ0) is 21.1. The Morgan fingerprint density at radius 1 is 1.20 bits per heavy atom. The molecule has 0 aliphatic carbocycles. The second-order valence-electron chi connectivity index (χ2n) is 6.16. The van der Waals surface area contributed by atoms with Crippen molar-refractivity contribution in [1.82, 2.24) is 19.6 Å². The average Bonchev–Trinajstić information content (AvgIpc) is 3.13. The number of thioether (sulfide) groups is 1. The average molecular weight is 425 g/mol. The molecule has 2 N–H and O–H groups in total. The summed E-state index contributed by atoms with van der Waals surface area (Å²) in [6.07, 6.45) is 0. The Labute approximate surface area is 174 Å². The van der Waals surface area contributed by atoms with Gasteiger partial charge in [-0.2, -0.15) is 0 Å². The van der Waals surface area contributed by atoms with Crippen LogP contribution >= 0.6 is 11.8 Å². The molecule has 1 amide bonds. The van der Waals surface area contributed by atoms with E-state index in [-0.39, 0.29) is 34.3 Å². The van der Waals surface area contributed by atoms with Gasteiger partial charge in [-0.1, -0.05) is 36.0 Å². The molecule has 0 saturated heterocycles. The zero-order valence-corrected chi connectivity index (χ0v) is 16.6. The molecule has 4 aromatic rings. The van der Waals surface area contributed by atoms with Gasteiger partial charge in [-0.25, -0.2) is 18.9 Å². The maximum absolute atomic E-state index is 14.2. The fourth-order valence-corrected chi connectivity index (χ4v) is 3.56. The van der Waals surface area contributed by atoms with E-state index in [9.17, 15) is 14.0 Å². The third-order valence-corrected chi connectivity index (χ3v) is 5.09. The summed E-state index contributed by atoms with van der Waals surface area (Å²) in [4.78, 5) is 32.8. The number of hydrogen-bond acceptors (Lipinski definition) is 6. The molecule has 30 heavy (non-hydrogen) atoms. The molecule has 2 aromatic carbocycles. The van der Waals surface area contributed by atoms with Gasteiger partial charge in [-0.05, 0) is 24.3 Å². The van der Waals surface area contributed by atoms with Crippen molar-refractivity contribution in [3.05, 3.63) is 70.8 Å². The first-order valence-corrected chi connectivity index (χ1v) is 9.84. The summed E-state index contributed by atoms with van der Waals surface area (Å²) in [5.74, 6) is -0.111. The van der Waals surface area contributed by atoms with Gasteiger partial charge in [0.05, 0.1) is 24.1 Å². The van der Waals surface area contributed by atoms with Gasteiger partial charge in [-0.3, -0.25) is 14.7 Å². The maximum atomic E-state index is 14.2. The monoisotopic (exact) mass is 425 g/mol. The van der Waals surface area contributed by atoms with Crippen molar-refractivity contribution in [2.24, 2.45) is 0 Å². The molecule has 0 fully saturated rings. The standard InChI is InChI=1S/C20H16FN5O3S/c1-29-15-9-5-4-8-14(15)22-18(28)11-30-20-24-19(12-6-2-3-7-13(12)21)23-16-10-17(27)25-26(16)20/h2-10H,11H2,1H3,(H,22,28)(H,25,27). The number of anilines is 1. The molecule has 0 atom stereocenters. The van der Waals surface area contributed by atoms with Crippen molar-refractivity contribution in [3.63, 3.8) is 0 Å². The van der Waals surface area contributed by atoms with Crippen LogP contribution in [0.3, 0.4) is 0 Å². The van der Waals surface area contributed by atoms with Gasteiger partial charge in [0.15, 0.2) is 16.6 Å². The Balaban J connectivity index is 1.61. The van der Waals surface area contributed by atoms with E-state index in [2.05, 4.69) is 20.4 Å². The molecule has 8 nitrogen and oxygen atoms in total. The molecular formula is C20H16FN5O3S. The summed E-state index contributed by atoms with van der Waals surface area (Å²) in [7, 11) is 1.52. The minimum absolute atomic E-state index is 0.00108. The number of aromatic amines is 1. The lowest BCUT2D eigenvalue weighted by Crippen LogP contribution is -2.15. The third-order valence-electron chi connectivity index (χ3n) is 4.15. The quantitative estimate of drug-likeness (QED) is 0.461. The van der Waals surface area contributed by atoms with Crippen LogP contribution in [0.1, 0.15) is 0 Å². The number of fused-ring (bicyclic) bond motifs is 1. The molecule has 10 heteroatoms. The number of benzene rings is 2. The van der Waals surface area contributed by atoms with Gasteiger partial charge < -0.3 is 10.1 Å². The van der Waals surface area contributed by atoms with E-state index in [4.69, 9.17) is 4.74 Å². The lowest BCUT2D eigenvalue weighted by Gasteiger charge is -2.10. The second kappa shape index (κ2) is 8.37. The Bertz CT molecular complexity index is 1290. The highest BCUT2D eigenvalue weighted by Crippen LogP contribution is 2.25. The summed E-state index contributed by atoms with van der Waals surface area (Å²) in [5, 5.41) is 5.65. The lowest BCUT2D eigenvalue weighted by molar-refractivity contribution is -0.113. The van der Waals surface area contributed by atoms with Crippen LogP contribution in [0.4, 0.5) is 10.1 Å². The Morgan fingerprint density at radius 2 is 1.97 bits per heavy atom. The van der Waals surface area contributed by atoms with E-state index in [0.29, 0.717) is 16.6 Å². The number of carbonyl (C=O) groups is 1. The van der Waals surface area contributed by atoms with E-state index >= 15 is 0 Å². The number of rotatable bonds is 6. The van der Waals surface area contributed by atoms with Gasteiger partial charge in [0.1, 0.15) is 11.6 Å². The number of carbonyl (C=O) groups excluding carboxylic acids is 1. The molecule has 0 spiro atoms. The van der Waals surface area contributed by atoms with E-state index in [1.165, 1.54) is 23.8 Å². The van der Waals surface area contributed by atoms with Crippen LogP contribution in [-0.4, -0.2) is 38.4 Å². The largest absolute Gasteiger partial charge is 0.495 e. The number of hydrogen-bond donors (Lipinski definition) is 2. The number of nitrogens with zero attached hydrogens (tertiary/aromatic N) is 3. The normalized spacial score (nSPS) is 10.9. The number of nitrogens with one attached hydrogen (secondary N) is 2. The van der Waals surface area contributed by atoms with Crippen molar-refractivity contribution in [3.8, 4) is 17.1 Å². The number of aromatic nitrogens is 4. The summed E-state index contributed by atoms with van der Waals surface area (Å²) in [6, 6.07) is 14.4. The molecule has 0 radical (unpaired) electrons. The minimum atomic E-state index is -0.482. The Morgan fingerprint density at radius 3 is 2.77 bits per heavy atom. The van der Waals surface area contributed by atoms with Crippen LogP contribution < -0.4 is 15.6 Å². The lowest BCUT2D eigenvalue weighted by atomic mass is 10.2. The highest BCUT2D eigenvalue weighted by molar-refractivity contribution is 7.99. The summed E-state index contributed by atoms with van der Waals surface area (Å²) >= 11 is 1.09. The first kappa shape index (κ1) is 19.6. The SMILES string of the molecule is COc1ccccc1NC(=O)CSc1nc(-c2ccccc2F)nc2cc(=O)[nH]n12. The maximum Gasteiger partial charge on any atom is 0.266 e. The van der Waals surface area contributed by atoms with Crippen LogP contribution in [0.2, 0.25) is 0 Å². The number of para-hydroxylation sites is 2. The van der Waals surface area contributed by atoms with Gasteiger partial charge in [0, 0.05) is 6.07 Å². The topological polar surface area (TPSA) is 101 Å². The number of methoxy groups -OCH3 is 1. The molecule has 2 aromatic heterocycles. The predicted octanol–water partition coefficient (Wildman–Crippen LogP) is 2.96. The first-order chi connectivity index (χ1) is 14.5. The number of amides is 1. The minimum Gasteiger partial charge on any atom is -0.495 e. The number of halogens is 1. The zero-order valence-electron chi connectivity index (χ0n) is 15.8. The number of H-pyrrole nitrogens is 1. The van der Waals surface area contributed by atoms with Crippen molar-refractivity contribution in [1.29, 1.82) is 0 Å². The van der Waals surface area contributed by atoms with Crippen LogP contribution in [0.25, 0.3) is 17.0 Å². The molecule has 0 aliphatic heterocycles. The van der Waals surface area contributed by atoms with Gasteiger partial charge in [0.2, 0.25) is 5.91 Å². The molecular weight excluding hydrogens is 409 g/mol. The first-order valence-electron chi connectivity index (χ1n) is 8.85. The number of ether oxygens (including phenoxy) is 1. The van der Waals surface area contributed by atoms with E-state index < -0.39 is 5.82 Å². The second-order valence-corrected chi connectivity index (χ2v) is 7.10. The Kier molecular flexibility index (Phi) is 5.48. The van der Waals surface area contributed by atoms with Crippen molar-refractivity contribution < 1.29 is 13.9 Å². The molecule has 2 heterocycles.